The van der Waals surface area contributed by atoms with Crippen LogP contribution in [0.15, 0.2) is 61.3 Å². The molecule has 7 heterocycles. The number of piperidine rings is 1. The number of aromatic amines is 1. The van der Waals surface area contributed by atoms with Crippen LogP contribution in [0.3, 0.4) is 0 Å². The number of pyridine rings is 3. The number of likely N-dealkylation sites (N-methyl/N-ethyl adjacent to an activating group) is 1. The molecule has 1 N–H and O–H groups in total. The third-order valence-electron chi connectivity index (χ3n) is 8.14. The summed E-state index contributed by atoms with van der Waals surface area (Å²) in [6, 6.07) is 10.5. The maximum absolute atomic E-state index is 13.3. The molecule has 1 amide bonds. The normalized spacial score (nSPS) is 16.8. The fourth-order valence-electron chi connectivity index (χ4n) is 5.79. The van der Waals surface area contributed by atoms with Crippen LogP contribution in [0.2, 0.25) is 0 Å². The zero-order valence-electron chi connectivity index (χ0n) is 22.2. The topological polar surface area (TPSA) is 85.7 Å². The van der Waals surface area contributed by atoms with E-state index in [2.05, 4.69) is 50.1 Å². The molecule has 9 nitrogen and oxygen atoms in total. The van der Waals surface area contributed by atoms with Crippen molar-refractivity contribution in [3.8, 4) is 22.3 Å². The van der Waals surface area contributed by atoms with Gasteiger partial charge in [0.2, 0.25) is 0 Å². The summed E-state index contributed by atoms with van der Waals surface area (Å²) in [6.45, 7) is 5.67. The van der Waals surface area contributed by atoms with Gasteiger partial charge in [0.25, 0.3) is 5.91 Å². The van der Waals surface area contributed by atoms with Crippen molar-refractivity contribution in [1.82, 2.24) is 34.4 Å². The minimum atomic E-state index is 0.0681. The molecule has 2 aliphatic rings. The van der Waals surface area contributed by atoms with Crippen LogP contribution in [0.5, 0.6) is 0 Å². The Morgan fingerprint density at radius 1 is 0.872 bits per heavy atom. The van der Waals surface area contributed by atoms with E-state index in [1.807, 2.05) is 41.8 Å². The lowest BCUT2D eigenvalue weighted by Gasteiger charge is -2.33. The summed E-state index contributed by atoms with van der Waals surface area (Å²) in [4.78, 5) is 32.7. The van der Waals surface area contributed by atoms with Crippen molar-refractivity contribution in [3.63, 3.8) is 0 Å². The molecule has 5 aromatic rings. The minimum Gasteiger partial charge on any atom is -0.354 e. The second-order valence-electron chi connectivity index (χ2n) is 10.7. The quantitative estimate of drug-likeness (QED) is 0.380. The maximum atomic E-state index is 13.3. The van der Waals surface area contributed by atoms with E-state index in [-0.39, 0.29) is 5.91 Å². The summed E-state index contributed by atoms with van der Waals surface area (Å²) in [5, 5.41) is 5.50. The van der Waals surface area contributed by atoms with Crippen LogP contribution in [0.1, 0.15) is 29.6 Å². The SMILES string of the molecule is CN1CCN(c2cc(-c3cnc4[nH]cc(-c5ccn6ncc(C(=O)N7CCCCC7)c6c5)c4c3)ccn2)CC1. The first-order chi connectivity index (χ1) is 19.1. The molecule has 2 fully saturated rings. The fraction of sp³-hybridized carbons (Fsp3) is 0.333. The Morgan fingerprint density at radius 3 is 2.56 bits per heavy atom. The fourth-order valence-corrected chi connectivity index (χ4v) is 5.79. The Labute approximate surface area is 227 Å². The summed E-state index contributed by atoms with van der Waals surface area (Å²) in [7, 11) is 2.16. The second-order valence-corrected chi connectivity index (χ2v) is 10.7. The van der Waals surface area contributed by atoms with Gasteiger partial charge in [-0.15, -0.1) is 0 Å². The number of piperazine rings is 1. The van der Waals surface area contributed by atoms with E-state index in [1.54, 1.807) is 10.7 Å². The lowest BCUT2D eigenvalue weighted by atomic mass is 10.0. The van der Waals surface area contributed by atoms with Crippen LogP contribution in [0, 0.1) is 0 Å². The molecule has 0 aliphatic carbocycles. The number of H-pyrrole nitrogens is 1. The number of carbonyl (C=O) groups is 1. The van der Waals surface area contributed by atoms with Crippen molar-refractivity contribution in [2.75, 3.05) is 51.2 Å². The zero-order valence-corrected chi connectivity index (χ0v) is 22.2. The summed E-state index contributed by atoms with van der Waals surface area (Å²) < 4.78 is 1.79. The van der Waals surface area contributed by atoms with Gasteiger partial charge in [0.1, 0.15) is 11.5 Å². The molecule has 0 saturated carbocycles. The molecule has 198 valence electrons. The van der Waals surface area contributed by atoms with Crippen molar-refractivity contribution < 1.29 is 4.79 Å². The predicted molar refractivity (Wildman–Crippen MR) is 153 cm³/mol. The minimum absolute atomic E-state index is 0.0681. The molecule has 0 radical (unpaired) electrons. The number of hydrogen-bond acceptors (Lipinski definition) is 6. The van der Waals surface area contributed by atoms with Gasteiger partial charge >= 0.3 is 0 Å². The van der Waals surface area contributed by atoms with E-state index in [0.29, 0.717) is 5.56 Å². The molecule has 0 unspecified atom stereocenters. The Morgan fingerprint density at radius 2 is 1.72 bits per heavy atom. The van der Waals surface area contributed by atoms with Crippen LogP contribution in [0.4, 0.5) is 5.82 Å². The van der Waals surface area contributed by atoms with E-state index < -0.39 is 0 Å². The van der Waals surface area contributed by atoms with Gasteiger partial charge < -0.3 is 19.7 Å². The van der Waals surface area contributed by atoms with Gasteiger partial charge in [0.05, 0.1) is 17.3 Å². The number of rotatable bonds is 4. The van der Waals surface area contributed by atoms with Gasteiger partial charge in [-0.25, -0.2) is 14.5 Å². The molecule has 5 aromatic heterocycles. The lowest BCUT2D eigenvalue weighted by Crippen LogP contribution is -2.44. The van der Waals surface area contributed by atoms with E-state index in [0.717, 1.165) is 96.7 Å². The van der Waals surface area contributed by atoms with Gasteiger partial charge in [-0.2, -0.15) is 5.10 Å². The number of likely N-dealkylation sites (tertiary alicyclic amines) is 1. The van der Waals surface area contributed by atoms with Crippen molar-refractivity contribution in [1.29, 1.82) is 0 Å². The summed E-state index contributed by atoms with van der Waals surface area (Å²) in [5.74, 6) is 1.07. The molecule has 0 bridgehead atoms. The highest BCUT2D eigenvalue weighted by atomic mass is 16.2. The molecule has 0 aromatic carbocycles. The number of hydrogen-bond donors (Lipinski definition) is 1. The number of nitrogens with zero attached hydrogens (tertiary/aromatic N) is 7. The summed E-state index contributed by atoms with van der Waals surface area (Å²) in [6.07, 6.45) is 12.8. The van der Waals surface area contributed by atoms with Crippen LogP contribution in [-0.2, 0) is 0 Å². The zero-order chi connectivity index (χ0) is 26.3. The molecule has 7 rings (SSSR count). The first-order valence-corrected chi connectivity index (χ1v) is 13.8. The molecular formula is C30H32N8O. The Bertz CT molecular complexity index is 1660. The molecule has 0 atom stereocenters. The molecule has 39 heavy (non-hydrogen) atoms. The molecule has 2 aliphatic heterocycles. The lowest BCUT2D eigenvalue weighted by molar-refractivity contribution is 0.0726. The van der Waals surface area contributed by atoms with Crippen LogP contribution in [0.25, 0.3) is 38.8 Å². The number of nitrogens with one attached hydrogen (secondary N) is 1. The van der Waals surface area contributed by atoms with Gasteiger partial charge in [-0.05, 0) is 67.8 Å². The number of fused-ring (bicyclic) bond motifs is 2. The highest BCUT2D eigenvalue weighted by Crippen LogP contribution is 2.33. The van der Waals surface area contributed by atoms with Crippen LogP contribution < -0.4 is 4.90 Å². The van der Waals surface area contributed by atoms with Crippen molar-refractivity contribution in [2.24, 2.45) is 0 Å². The monoisotopic (exact) mass is 520 g/mol. The number of anilines is 1. The Kier molecular flexibility index (Phi) is 6.00. The number of aromatic nitrogens is 5. The largest absolute Gasteiger partial charge is 0.354 e. The smallest absolute Gasteiger partial charge is 0.257 e. The number of amides is 1. The Hall–Kier alpha value is -4.24. The maximum Gasteiger partial charge on any atom is 0.257 e. The Balaban J connectivity index is 1.23. The van der Waals surface area contributed by atoms with Gasteiger partial charge in [0.15, 0.2) is 0 Å². The molecule has 2 saturated heterocycles. The summed E-state index contributed by atoms with van der Waals surface area (Å²) >= 11 is 0. The average molecular weight is 521 g/mol. The van der Waals surface area contributed by atoms with Gasteiger partial charge in [-0.3, -0.25) is 4.79 Å². The molecule has 9 heteroatoms. The van der Waals surface area contributed by atoms with E-state index in [9.17, 15) is 4.79 Å². The van der Waals surface area contributed by atoms with Gasteiger partial charge in [0, 0.05) is 80.6 Å². The predicted octanol–water partition coefficient (Wildman–Crippen LogP) is 4.32. The van der Waals surface area contributed by atoms with E-state index >= 15 is 0 Å². The third-order valence-corrected chi connectivity index (χ3v) is 8.14. The molecular weight excluding hydrogens is 488 g/mol. The first kappa shape index (κ1) is 23.8. The number of carbonyl (C=O) groups excluding carboxylic acids is 1. The van der Waals surface area contributed by atoms with Gasteiger partial charge in [-0.1, -0.05) is 0 Å². The van der Waals surface area contributed by atoms with Crippen molar-refractivity contribution in [2.45, 2.75) is 19.3 Å². The van der Waals surface area contributed by atoms with Crippen LogP contribution in [-0.4, -0.2) is 86.6 Å². The van der Waals surface area contributed by atoms with Crippen molar-refractivity contribution in [3.05, 3.63) is 66.9 Å². The highest BCUT2D eigenvalue weighted by Gasteiger charge is 2.22. The highest BCUT2D eigenvalue weighted by molar-refractivity contribution is 6.02. The van der Waals surface area contributed by atoms with Crippen LogP contribution >= 0.6 is 0 Å². The standard InChI is InChI=1S/C30H32N8O/c1-35-11-13-36(14-12-35)28-17-21(5-7-31-28)23-15-24-25(19-33-29(24)32-18-23)22-6-10-38-27(16-22)26(20-34-38)30(39)37-8-3-2-4-9-37/h5-7,10,15-20H,2-4,8-9,11-14H2,1H3,(H,32,33). The average Bonchev–Trinajstić information content (AvgIpc) is 3.61. The summed E-state index contributed by atoms with van der Waals surface area (Å²) in [5.41, 5.74) is 6.54. The van der Waals surface area contributed by atoms with E-state index in [4.69, 9.17) is 4.98 Å². The van der Waals surface area contributed by atoms with E-state index in [1.165, 1.54) is 6.42 Å². The van der Waals surface area contributed by atoms with Crippen molar-refractivity contribution >= 4 is 28.3 Å². The molecule has 0 spiro atoms. The second kappa shape index (κ2) is 9.81. The third kappa shape index (κ3) is 4.42. The first-order valence-electron chi connectivity index (χ1n) is 13.8.